The lowest BCUT2D eigenvalue weighted by molar-refractivity contribution is -0.135. The molecule has 0 fully saturated rings. The molecule has 96 valence electrons. The third-order valence-electron chi connectivity index (χ3n) is 2.21. The molecule has 1 aromatic rings. The van der Waals surface area contributed by atoms with Gasteiger partial charge in [0, 0.05) is 12.6 Å². The van der Waals surface area contributed by atoms with Crippen LogP contribution in [0.3, 0.4) is 0 Å². The molecular formula is C13H16N2O3. The SMILES string of the molecule is CCOC(=O)C(=NO)c1ccccc1C=CNC. The Morgan fingerprint density at radius 1 is 1.50 bits per heavy atom. The number of carbonyl (C=O) groups excluding carboxylic acids is 1. The standard InChI is InChI=1S/C13H16N2O3/c1-3-18-13(16)12(15-17)11-7-5-4-6-10(11)8-9-14-2/h4-9,14,17H,3H2,1-2H3. The molecule has 5 nitrogen and oxygen atoms in total. The van der Waals surface area contributed by atoms with Crippen LogP contribution in [0.25, 0.3) is 6.08 Å². The maximum Gasteiger partial charge on any atom is 0.361 e. The number of carbonyl (C=O) groups is 1. The average molecular weight is 248 g/mol. The van der Waals surface area contributed by atoms with Crippen molar-refractivity contribution >= 4 is 17.8 Å². The van der Waals surface area contributed by atoms with E-state index in [0.29, 0.717) is 5.56 Å². The first-order valence-electron chi connectivity index (χ1n) is 5.57. The van der Waals surface area contributed by atoms with Crippen LogP contribution in [0.2, 0.25) is 0 Å². The van der Waals surface area contributed by atoms with Crippen molar-refractivity contribution in [1.29, 1.82) is 0 Å². The fourth-order valence-electron chi connectivity index (χ4n) is 1.44. The van der Waals surface area contributed by atoms with Crippen molar-refractivity contribution < 1.29 is 14.7 Å². The third-order valence-corrected chi connectivity index (χ3v) is 2.21. The molecule has 0 atom stereocenters. The van der Waals surface area contributed by atoms with Crippen LogP contribution >= 0.6 is 0 Å². The van der Waals surface area contributed by atoms with Gasteiger partial charge in [0.2, 0.25) is 0 Å². The lowest BCUT2D eigenvalue weighted by Gasteiger charge is -2.07. The van der Waals surface area contributed by atoms with Gasteiger partial charge in [0.1, 0.15) is 0 Å². The van der Waals surface area contributed by atoms with Crippen LogP contribution in [-0.2, 0) is 9.53 Å². The van der Waals surface area contributed by atoms with E-state index in [1.54, 1.807) is 38.4 Å². The van der Waals surface area contributed by atoms with Crippen molar-refractivity contribution in [1.82, 2.24) is 5.32 Å². The van der Waals surface area contributed by atoms with Crippen LogP contribution in [0.15, 0.2) is 35.6 Å². The molecular weight excluding hydrogens is 232 g/mol. The number of hydrogen-bond donors (Lipinski definition) is 2. The summed E-state index contributed by atoms with van der Waals surface area (Å²) in [6.45, 7) is 1.92. The number of benzene rings is 1. The fraction of sp³-hybridized carbons (Fsp3) is 0.231. The Hall–Kier alpha value is -2.30. The third kappa shape index (κ3) is 3.35. The highest BCUT2D eigenvalue weighted by Gasteiger charge is 2.18. The topological polar surface area (TPSA) is 70.9 Å². The normalized spacial score (nSPS) is 11.6. The van der Waals surface area contributed by atoms with Crippen molar-refractivity contribution in [2.45, 2.75) is 6.92 Å². The van der Waals surface area contributed by atoms with Crippen molar-refractivity contribution in [3.8, 4) is 0 Å². The molecule has 18 heavy (non-hydrogen) atoms. The van der Waals surface area contributed by atoms with Crippen molar-refractivity contribution in [3.05, 3.63) is 41.6 Å². The number of nitrogens with one attached hydrogen (secondary N) is 1. The molecule has 0 aliphatic heterocycles. The van der Waals surface area contributed by atoms with Crippen LogP contribution in [0.4, 0.5) is 0 Å². The maximum atomic E-state index is 11.6. The minimum Gasteiger partial charge on any atom is -0.461 e. The van der Waals surface area contributed by atoms with Gasteiger partial charge in [-0.2, -0.15) is 0 Å². The molecule has 0 saturated carbocycles. The van der Waals surface area contributed by atoms with Gasteiger partial charge in [0.25, 0.3) is 0 Å². The number of rotatable bonds is 5. The van der Waals surface area contributed by atoms with Gasteiger partial charge in [-0.05, 0) is 24.8 Å². The molecule has 1 aromatic carbocycles. The van der Waals surface area contributed by atoms with Gasteiger partial charge in [0.05, 0.1) is 6.61 Å². The van der Waals surface area contributed by atoms with Gasteiger partial charge in [-0.15, -0.1) is 0 Å². The molecule has 2 N–H and O–H groups in total. The molecule has 0 bridgehead atoms. The molecule has 0 aliphatic carbocycles. The predicted molar refractivity (Wildman–Crippen MR) is 69.5 cm³/mol. The lowest BCUT2D eigenvalue weighted by atomic mass is 10.0. The van der Waals surface area contributed by atoms with Crippen LogP contribution in [-0.4, -0.2) is 30.5 Å². The van der Waals surface area contributed by atoms with Crippen LogP contribution in [0, 0.1) is 0 Å². The largest absolute Gasteiger partial charge is 0.461 e. The number of esters is 1. The van der Waals surface area contributed by atoms with E-state index in [4.69, 9.17) is 9.94 Å². The first-order chi connectivity index (χ1) is 8.74. The summed E-state index contributed by atoms with van der Waals surface area (Å²) in [6.07, 6.45) is 3.50. The number of nitrogens with zero attached hydrogens (tertiary/aromatic N) is 1. The van der Waals surface area contributed by atoms with E-state index in [1.165, 1.54) is 0 Å². The highest BCUT2D eigenvalue weighted by Crippen LogP contribution is 2.13. The van der Waals surface area contributed by atoms with E-state index < -0.39 is 5.97 Å². The van der Waals surface area contributed by atoms with Gasteiger partial charge < -0.3 is 15.3 Å². The second-order valence-electron chi connectivity index (χ2n) is 3.38. The second-order valence-corrected chi connectivity index (χ2v) is 3.38. The monoisotopic (exact) mass is 248 g/mol. The van der Waals surface area contributed by atoms with Crippen molar-refractivity contribution in [2.24, 2.45) is 5.16 Å². The molecule has 0 aliphatic rings. The number of hydrogen-bond acceptors (Lipinski definition) is 5. The van der Waals surface area contributed by atoms with Crippen LogP contribution in [0.5, 0.6) is 0 Å². The summed E-state index contributed by atoms with van der Waals surface area (Å²) in [5, 5.41) is 14.9. The predicted octanol–water partition coefficient (Wildman–Crippen LogP) is 1.62. The van der Waals surface area contributed by atoms with E-state index >= 15 is 0 Å². The van der Waals surface area contributed by atoms with Crippen molar-refractivity contribution in [2.75, 3.05) is 13.7 Å². The molecule has 5 heteroatoms. The summed E-state index contributed by atoms with van der Waals surface area (Å²) < 4.78 is 4.84. The van der Waals surface area contributed by atoms with Crippen LogP contribution in [0.1, 0.15) is 18.1 Å². The molecule has 1 rings (SSSR count). The molecule has 0 heterocycles. The summed E-state index contributed by atoms with van der Waals surface area (Å²) in [7, 11) is 1.77. The number of ether oxygens (including phenoxy) is 1. The van der Waals surface area contributed by atoms with E-state index in [-0.39, 0.29) is 12.3 Å². The van der Waals surface area contributed by atoms with E-state index in [9.17, 15) is 4.79 Å². The summed E-state index contributed by atoms with van der Waals surface area (Å²) in [5.41, 5.74) is 1.17. The summed E-state index contributed by atoms with van der Waals surface area (Å²) in [6, 6.07) is 7.10. The first kappa shape index (κ1) is 13.8. The Morgan fingerprint density at radius 3 is 2.83 bits per heavy atom. The Bertz CT molecular complexity index is 467. The van der Waals surface area contributed by atoms with E-state index in [1.807, 2.05) is 12.1 Å². The Morgan fingerprint density at radius 2 is 2.22 bits per heavy atom. The lowest BCUT2D eigenvalue weighted by Crippen LogP contribution is -2.19. The van der Waals surface area contributed by atoms with Crippen molar-refractivity contribution in [3.63, 3.8) is 0 Å². The van der Waals surface area contributed by atoms with Crippen LogP contribution < -0.4 is 5.32 Å². The second kappa shape index (κ2) is 7.11. The Kier molecular flexibility index (Phi) is 5.44. The first-order valence-corrected chi connectivity index (χ1v) is 5.57. The zero-order chi connectivity index (χ0) is 13.4. The minimum atomic E-state index is -0.648. The highest BCUT2D eigenvalue weighted by molar-refractivity contribution is 6.43. The average Bonchev–Trinajstić information content (AvgIpc) is 2.39. The maximum absolute atomic E-state index is 11.6. The number of oxime groups is 1. The quantitative estimate of drug-likeness (QED) is 0.359. The fourth-order valence-corrected chi connectivity index (χ4v) is 1.44. The summed E-state index contributed by atoms with van der Waals surface area (Å²) >= 11 is 0. The van der Waals surface area contributed by atoms with E-state index in [0.717, 1.165) is 5.56 Å². The molecule has 0 unspecified atom stereocenters. The van der Waals surface area contributed by atoms with Gasteiger partial charge in [-0.1, -0.05) is 29.4 Å². The molecule has 0 saturated heterocycles. The van der Waals surface area contributed by atoms with Gasteiger partial charge in [-0.3, -0.25) is 0 Å². The zero-order valence-corrected chi connectivity index (χ0v) is 10.4. The zero-order valence-electron chi connectivity index (χ0n) is 10.4. The van der Waals surface area contributed by atoms with Gasteiger partial charge in [0.15, 0.2) is 5.71 Å². The molecule has 0 spiro atoms. The minimum absolute atomic E-state index is 0.104. The van der Waals surface area contributed by atoms with E-state index in [2.05, 4.69) is 10.5 Å². The Labute approximate surface area is 106 Å². The Balaban J connectivity index is 3.14. The molecule has 0 aromatic heterocycles. The van der Waals surface area contributed by atoms with Gasteiger partial charge in [-0.25, -0.2) is 4.79 Å². The summed E-state index contributed by atoms with van der Waals surface area (Å²) in [5.74, 6) is -0.648. The smallest absolute Gasteiger partial charge is 0.361 e. The summed E-state index contributed by atoms with van der Waals surface area (Å²) in [4.78, 5) is 11.6. The van der Waals surface area contributed by atoms with Gasteiger partial charge >= 0.3 is 5.97 Å². The molecule has 0 amide bonds. The molecule has 0 radical (unpaired) electrons. The highest BCUT2D eigenvalue weighted by atomic mass is 16.5.